The van der Waals surface area contributed by atoms with E-state index in [0.29, 0.717) is 6.04 Å². The topological polar surface area (TPSA) is 41.3 Å². The van der Waals surface area contributed by atoms with Crippen LogP contribution in [0.2, 0.25) is 5.02 Å². The van der Waals surface area contributed by atoms with Gasteiger partial charge in [-0.2, -0.15) is 5.10 Å². The van der Waals surface area contributed by atoms with E-state index in [1.807, 2.05) is 18.7 Å². The summed E-state index contributed by atoms with van der Waals surface area (Å²) in [5.74, 6) is 0. The second kappa shape index (κ2) is 6.92. The quantitative estimate of drug-likeness (QED) is 0.909. The maximum absolute atomic E-state index is 9.67. The van der Waals surface area contributed by atoms with E-state index in [2.05, 4.69) is 16.9 Å². The van der Waals surface area contributed by atoms with Gasteiger partial charge in [0.05, 0.1) is 22.5 Å². The number of likely N-dealkylation sites (tertiary alicyclic amines) is 1. The van der Waals surface area contributed by atoms with Crippen LogP contribution in [0, 0.1) is 0 Å². The monoisotopic (exact) mass is 299 g/mol. The third kappa shape index (κ3) is 3.54. The molecule has 2 heterocycles. The number of halogens is 1. The van der Waals surface area contributed by atoms with Crippen molar-refractivity contribution in [3.63, 3.8) is 0 Å². The Morgan fingerprint density at radius 3 is 2.80 bits per heavy atom. The minimum atomic E-state index is -0.242. The molecule has 1 saturated heterocycles. The Balaban J connectivity index is 2.12. The molecule has 4 nitrogen and oxygen atoms in total. The summed E-state index contributed by atoms with van der Waals surface area (Å²) in [6, 6.07) is 0.458. The van der Waals surface area contributed by atoms with Crippen molar-refractivity contribution in [2.24, 2.45) is 7.05 Å². The molecule has 1 N–H and O–H groups in total. The lowest BCUT2D eigenvalue weighted by atomic mass is 9.97. The summed E-state index contributed by atoms with van der Waals surface area (Å²) in [6.07, 6.45) is 5.12. The maximum atomic E-state index is 9.67. The van der Waals surface area contributed by atoms with E-state index in [4.69, 9.17) is 11.6 Å². The first kappa shape index (κ1) is 15.8. The van der Waals surface area contributed by atoms with Crippen LogP contribution < -0.4 is 0 Å². The van der Waals surface area contributed by atoms with Crippen LogP contribution >= 0.6 is 11.6 Å². The van der Waals surface area contributed by atoms with Gasteiger partial charge >= 0.3 is 0 Å². The van der Waals surface area contributed by atoms with Gasteiger partial charge in [-0.15, -0.1) is 0 Å². The summed E-state index contributed by atoms with van der Waals surface area (Å²) >= 11 is 6.44. The molecule has 0 saturated carbocycles. The van der Waals surface area contributed by atoms with Crippen molar-refractivity contribution in [3.8, 4) is 0 Å². The Labute approximate surface area is 126 Å². The Morgan fingerprint density at radius 2 is 2.20 bits per heavy atom. The number of piperidine rings is 1. The summed E-state index contributed by atoms with van der Waals surface area (Å²) in [5, 5.41) is 15.0. The molecule has 2 atom stereocenters. The van der Waals surface area contributed by atoms with E-state index >= 15 is 0 Å². The van der Waals surface area contributed by atoms with Gasteiger partial charge in [0.2, 0.25) is 0 Å². The predicted molar refractivity (Wildman–Crippen MR) is 81.9 cm³/mol. The average Bonchev–Trinajstić information content (AvgIpc) is 2.67. The van der Waals surface area contributed by atoms with E-state index in [-0.39, 0.29) is 6.10 Å². The van der Waals surface area contributed by atoms with Gasteiger partial charge < -0.3 is 5.11 Å². The average molecular weight is 300 g/mol. The second-order valence-electron chi connectivity index (χ2n) is 5.89. The molecule has 1 aliphatic rings. The van der Waals surface area contributed by atoms with Gasteiger partial charge in [-0.1, -0.05) is 24.9 Å². The Bertz CT molecular complexity index is 445. The SMILES string of the molecule is CCc1nn(C)c(CN2CCCCC2CC(C)O)c1Cl. The molecule has 0 aromatic carbocycles. The van der Waals surface area contributed by atoms with E-state index in [9.17, 15) is 5.11 Å². The van der Waals surface area contributed by atoms with Crippen molar-refractivity contribution in [3.05, 3.63) is 16.4 Å². The van der Waals surface area contributed by atoms with Gasteiger partial charge in [0.1, 0.15) is 0 Å². The number of rotatable bonds is 5. The molecule has 2 unspecified atom stereocenters. The first-order chi connectivity index (χ1) is 9.52. The summed E-state index contributed by atoms with van der Waals surface area (Å²) in [6.45, 7) is 5.87. The molecule has 0 amide bonds. The minimum absolute atomic E-state index is 0.242. The van der Waals surface area contributed by atoms with E-state index < -0.39 is 0 Å². The van der Waals surface area contributed by atoms with E-state index in [1.54, 1.807) is 0 Å². The fraction of sp³-hybridized carbons (Fsp3) is 0.800. The third-order valence-corrected chi connectivity index (χ3v) is 4.65. The predicted octanol–water partition coefficient (Wildman–Crippen LogP) is 2.76. The maximum Gasteiger partial charge on any atom is 0.0863 e. The summed E-state index contributed by atoms with van der Waals surface area (Å²) < 4.78 is 1.91. The summed E-state index contributed by atoms with van der Waals surface area (Å²) in [7, 11) is 1.97. The lowest BCUT2D eigenvalue weighted by Gasteiger charge is -2.36. The fourth-order valence-corrected chi connectivity index (χ4v) is 3.47. The van der Waals surface area contributed by atoms with Crippen LogP contribution in [0.3, 0.4) is 0 Å². The molecule has 2 rings (SSSR count). The molecule has 1 aromatic heterocycles. The van der Waals surface area contributed by atoms with Crippen LogP contribution in [0.4, 0.5) is 0 Å². The Morgan fingerprint density at radius 1 is 1.45 bits per heavy atom. The Kier molecular flexibility index (Phi) is 5.47. The van der Waals surface area contributed by atoms with Gasteiger partial charge in [0.15, 0.2) is 0 Å². The summed E-state index contributed by atoms with van der Waals surface area (Å²) in [4.78, 5) is 2.46. The first-order valence-corrected chi connectivity index (χ1v) is 8.03. The molecular weight excluding hydrogens is 274 g/mol. The molecule has 114 valence electrons. The fourth-order valence-electron chi connectivity index (χ4n) is 3.11. The molecule has 0 spiro atoms. The van der Waals surface area contributed by atoms with Crippen molar-refractivity contribution in [2.75, 3.05) is 6.54 Å². The van der Waals surface area contributed by atoms with Gasteiger partial charge in [0.25, 0.3) is 0 Å². The van der Waals surface area contributed by atoms with E-state index in [0.717, 1.165) is 42.3 Å². The second-order valence-corrected chi connectivity index (χ2v) is 6.27. The van der Waals surface area contributed by atoms with Crippen LogP contribution in [0.5, 0.6) is 0 Å². The molecule has 1 fully saturated rings. The highest BCUT2D eigenvalue weighted by Gasteiger charge is 2.26. The van der Waals surface area contributed by atoms with Crippen LogP contribution in [0.25, 0.3) is 0 Å². The highest BCUT2D eigenvalue weighted by Crippen LogP contribution is 2.27. The number of hydrogen-bond donors (Lipinski definition) is 1. The number of aliphatic hydroxyl groups excluding tert-OH is 1. The minimum Gasteiger partial charge on any atom is -0.393 e. The number of hydrogen-bond acceptors (Lipinski definition) is 3. The number of aromatic nitrogens is 2. The van der Waals surface area contributed by atoms with Crippen molar-refractivity contribution < 1.29 is 5.11 Å². The zero-order valence-corrected chi connectivity index (χ0v) is 13.5. The third-order valence-electron chi connectivity index (χ3n) is 4.22. The molecule has 0 bridgehead atoms. The molecular formula is C15H26ClN3O. The van der Waals surface area contributed by atoms with Crippen LogP contribution in [0.1, 0.15) is 50.9 Å². The molecule has 5 heteroatoms. The zero-order valence-electron chi connectivity index (χ0n) is 12.8. The first-order valence-electron chi connectivity index (χ1n) is 7.65. The number of nitrogens with zero attached hydrogens (tertiary/aromatic N) is 3. The largest absolute Gasteiger partial charge is 0.393 e. The van der Waals surface area contributed by atoms with Crippen LogP contribution in [0.15, 0.2) is 0 Å². The smallest absolute Gasteiger partial charge is 0.0863 e. The lowest BCUT2D eigenvalue weighted by Crippen LogP contribution is -2.41. The molecule has 0 radical (unpaired) electrons. The van der Waals surface area contributed by atoms with Crippen molar-refractivity contribution in [1.29, 1.82) is 0 Å². The van der Waals surface area contributed by atoms with Gasteiger partial charge in [0, 0.05) is 19.6 Å². The molecule has 1 aliphatic heterocycles. The molecule has 20 heavy (non-hydrogen) atoms. The van der Waals surface area contributed by atoms with Crippen molar-refractivity contribution in [1.82, 2.24) is 14.7 Å². The van der Waals surface area contributed by atoms with Crippen molar-refractivity contribution >= 4 is 11.6 Å². The van der Waals surface area contributed by atoms with Gasteiger partial charge in [-0.3, -0.25) is 9.58 Å². The Hall–Kier alpha value is -0.580. The number of aryl methyl sites for hydroxylation is 2. The normalized spacial score (nSPS) is 22.1. The van der Waals surface area contributed by atoms with Gasteiger partial charge in [-0.05, 0) is 39.2 Å². The molecule has 1 aromatic rings. The standard InChI is InChI=1S/C15H26ClN3O/c1-4-13-15(16)14(18(3)17-13)10-19-8-6-5-7-12(19)9-11(2)20/h11-12,20H,4-10H2,1-3H3. The van der Waals surface area contributed by atoms with Crippen LogP contribution in [-0.2, 0) is 20.0 Å². The van der Waals surface area contributed by atoms with E-state index in [1.165, 1.54) is 19.3 Å². The summed E-state index contributed by atoms with van der Waals surface area (Å²) in [5.41, 5.74) is 2.08. The van der Waals surface area contributed by atoms with Gasteiger partial charge in [-0.25, -0.2) is 0 Å². The highest BCUT2D eigenvalue weighted by molar-refractivity contribution is 6.31. The van der Waals surface area contributed by atoms with Crippen LogP contribution in [-0.4, -0.2) is 38.5 Å². The molecule has 0 aliphatic carbocycles. The number of aliphatic hydroxyl groups is 1. The zero-order chi connectivity index (χ0) is 14.7. The van der Waals surface area contributed by atoms with Crippen molar-refractivity contribution in [2.45, 2.75) is 64.6 Å². The highest BCUT2D eigenvalue weighted by atomic mass is 35.5. The lowest BCUT2D eigenvalue weighted by molar-refractivity contribution is 0.0801.